The van der Waals surface area contributed by atoms with Crippen molar-refractivity contribution in [1.82, 2.24) is 4.90 Å². The summed E-state index contributed by atoms with van der Waals surface area (Å²) in [6, 6.07) is 13.7. The van der Waals surface area contributed by atoms with Gasteiger partial charge in [-0.15, -0.1) is 0 Å². The molecular weight excluding hydrogens is 452 g/mol. The minimum Gasteiger partial charge on any atom is -0.494 e. The lowest BCUT2D eigenvalue weighted by Gasteiger charge is -2.36. The van der Waals surface area contributed by atoms with Crippen LogP contribution in [0.4, 0.5) is 10.5 Å². The van der Waals surface area contributed by atoms with E-state index in [0.29, 0.717) is 12.2 Å². The SMILES string of the molecule is CCOc1cccc(CN2CCN(c3ccc4oc(OC(=O)O)cc4c3Br)CC2)c1. The highest BCUT2D eigenvalue weighted by Crippen LogP contribution is 2.38. The average Bonchev–Trinajstić information content (AvgIpc) is 3.12. The maximum Gasteiger partial charge on any atom is 0.513 e. The predicted octanol–water partition coefficient (Wildman–Crippen LogP) is 4.97. The van der Waals surface area contributed by atoms with Gasteiger partial charge >= 0.3 is 6.16 Å². The Morgan fingerprint density at radius 3 is 2.70 bits per heavy atom. The molecule has 30 heavy (non-hydrogen) atoms. The second-order valence-electron chi connectivity index (χ2n) is 7.09. The Kier molecular flexibility index (Phi) is 6.15. The van der Waals surface area contributed by atoms with Gasteiger partial charge in [-0.3, -0.25) is 4.90 Å². The summed E-state index contributed by atoms with van der Waals surface area (Å²) in [5.41, 5.74) is 2.89. The molecule has 1 saturated heterocycles. The van der Waals surface area contributed by atoms with Gasteiger partial charge in [0.25, 0.3) is 5.95 Å². The molecule has 0 aliphatic carbocycles. The van der Waals surface area contributed by atoms with Crippen LogP contribution in [0.5, 0.6) is 11.7 Å². The van der Waals surface area contributed by atoms with Gasteiger partial charge in [0.05, 0.1) is 16.8 Å². The monoisotopic (exact) mass is 474 g/mol. The molecule has 1 aromatic heterocycles. The molecular formula is C22H23BrN2O5. The van der Waals surface area contributed by atoms with E-state index in [0.717, 1.165) is 54.0 Å². The fourth-order valence-corrected chi connectivity index (χ4v) is 4.42. The molecule has 0 atom stereocenters. The Hall–Kier alpha value is -2.71. The Labute approximate surface area is 182 Å². The number of benzene rings is 2. The lowest BCUT2D eigenvalue weighted by molar-refractivity contribution is 0.134. The molecule has 3 aromatic rings. The topological polar surface area (TPSA) is 75.4 Å². The highest BCUT2D eigenvalue weighted by atomic mass is 79.9. The number of fused-ring (bicyclic) bond motifs is 1. The third kappa shape index (κ3) is 4.55. The summed E-state index contributed by atoms with van der Waals surface area (Å²) in [7, 11) is 0. The largest absolute Gasteiger partial charge is 0.513 e. The van der Waals surface area contributed by atoms with E-state index >= 15 is 0 Å². The number of halogens is 1. The first-order chi connectivity index (χ1) is 14.5. The van der Waals surface area contributed by atoms with E-state index in [9.17, 15) is 4.79 Å². The van der Waals surface area contributed by atoms with E-state index in [-0.39, 0.29) is 5.95 Å². The van der Waals surface area contributed by atoms with Crippen molar-refractivity contribution in [2.24, 2.45) is 0 Å². The molecule has 1 fully saturated rings. The number of hydrogen-bond donors (Lipinski definition) is 1. The van der Waals surface area contributed by atoms with E-state index in [1.807, 2.05) is 31.2 Å². The first-order valence-corrected chi connectivity index (χ1v) is 10.6. The molecule has 0 unspecified atom stereocenters. The minimum absolute atomic E-state index is 0.0329. The van der Waals surface area contributed by atoms with Gasteiger partial charge in [0.1, 0.15) is 11.3 Å². The summed E-state index contributed by atoms with van der Waals surface area (Å²) < 4.78 is 16.6. The molecule has 1 aliphatic rings. The number of piperazine rings is 1. The molecule has 1 N–H and O–H groups in total. The number of anilines is 1. The molecule has 158 valence electrons. The molecule has 0 bridgehead atoms. The van der Waals surface area contributed by atoms with E-state index in [1.54, 1.807) is 6.07 Å². The zero-order valence-electron chi connectivity index (χ0n) is 16.6. The number of ether oxygens (including phenoxy) is 2. The fraction of sp³-hybridized carbons (Fsp3) is 0.318. The number of nitrogens with zero attached hydrogens (tertiary/aromatic N) is 2. The van der Waals surface area contributed by atoms with Crippen molar-refractivity contribution in [3.8, 4) is 11.7 Å². The molecule has 0 saturated carbocycles. The Morgan fingerprint density at radius 2 is 1.97 bits per heavy atom. The van der Waals surface area contributed by atoms with Crippen molar-refractivity contribution < 1.29 is 23.8 Å². The lowest BCUT2D eigenvalue weighted by atomic mass is 10.1. The lowest BCUT2D eigenvalue weighted by Crippen LogP contribution is -2.46. The van der Waals surface area contributed by atoms with Crippen LogP contribution in [0.15, 0.2) is 51.4 Å². The van der Waals surface area contributed by atoms with Crippen LogP contribution in [0.3, 0.4) is 0 Å². The van der Waals surface area contributed by atoms with Gasteiger partial charge in [-0.2, -0.15) is 0 Å². The van der Waals surface area contributed by atoms with E-state index in [2.05, 4.69) is 42.6 Å². The highest BCUT2D eigenvalue weighted by molar-refractivity contribution is 9.10. The van der Waals surface area contributed by atoms with Crippen LogP contribution in [-0.2, 0) is 6.54 Å². The van der Waals surface area contributed by atoms with E-state index < -0.39 is 6.16 Å². The second kappa shape index (κ2) is 8.97. The van der Waals surface area contributed by atoms with Crippen molar-refractivity contribution in [2.75, 3.05) is 37.7 Å². The summed E-state index contributed by atoms with van der Waals surface area (Å²) >= 11 is 3.66. The van der Waals surface area contributed by atoms with Gasteiger partial charge in [0.15, 0.2) is 0 Å². The average molecular weight is 475 g/mol. The molecule has 1 aliphatic heterocycles. The van der Waals surface area contributed by atoms with Crippen LogP contribution in [0.1, 0.15) is 12.5 Å². The van der Waals surface area contributed by atoms with Gasteiger partial charge in [-0.1, -0.05) is 12.1 Å². The van der Waals surface area contributed by atoms with Crippen LogP contribution < -0.4 is 14.4 Å². The van der Waals surface area contributed by atoms with Crippen LogP contribution in [-0.4, -0.2) is 48.9 Å². The molecule has 0 radical (unpaired) electrons. The quantitative estimate of drug-likeness (QED) is 0.505. The van der Waals surface area contributed by atoms with E-state index in [1.165, 1.54) is 5.56 Å². The predicted molar refractivity (Wildman–Crippen MR) is 118 cm³/mol. The Bertz CT molecular complexity index is 1040. The molecule has 4 rings (SSSR count). The van der Waals surface area contributed by atoms with Gasteiger partial charge in [-0.25, -0.2) is 4.79 Å². The Morgan fingerprint density at radius 1 is 1.17 bits per heavy atom. The third-order valence-electron chi connectivity index (χ3n) is 5.11. The molecule has 8 heteroatoms. The first kappa shape index (κ1) is 20.6. The zero-order valence-corrected chi connectivity index (χ0v) is 18.2. The maximum atomic E-state index is 10.7. The van der Waals surface area contributed by atoms with Crippen molar-refractivity contribution in [2.45, 2.75) is 13.5 Å². The van der Waals surface area contributed by atoms with Crippen LogP contribution in [0.25, 0.3) is 11.0 Å². The van der Waals surface area contributed by atoms with Crippen molar-refractivity contribution in [3.63, 3.8) is 0 Å². The summed E-state index contributed by atoms with van der Waals surface area (Å²) in [4.78, 5) is 15.5. The van der Waals surface area contributed by atoms with Gasteiger partial charge in [0, 0.05) is 44.2 Å². The molecule has 2 heterocycles. The first-order valence-electron chi connectivity index (χ1n) is 9.85. The smallest absolute Gasteiger partial charge is 0.494 e. The van der Waals surface area contributed by atoms with E-state index in [4.69, 9.17) is 14.3 Å². The number of carbonyl (C=O) groups is 1. The number of rotatable bonds is 6. The minimum atomic E-state index is -1.40. The normalized spacial score (nSPS) is 14.8. The van der Waals surface area contributed by atoms with Crippen molar-refractivity contribution in [1.29, 1.82) is 0 Å². The second-order valence-corrected chi connectivity index (χ2v) is 7.88. The van der Waals surface area contributed by atoms with Crippen molar-refractivity contribution >= 4 is 38.7 Å². The van der Waals surface area contributed by atoms with Crippen molar-refractivity contribution in [3.05, 3.63) is 52.5 Å². The summed E-state index contributed by atoms with van der Waals surface area (Å²) in [6.45, 7) is 7.24. The standard InChI is InChI=1S/C22H23BrN2O5/c1-2-28-16-5-3-4-15(12-16)14-24-8-10-25(11-9-24)18-6-7-19-17(21(18)23)13-20(29-19)30-22(26)27/h3-7,12-13H,2,8-11,14H2,1H3,(H,26,27). The summed E-state index contributed by atoms with van der Waals surface area (Å²) in [6.07, 6.45) is -1.40. The molecule has 0 spiro atoms. The number of carboxylic acid groups (broad SMARTS) is 1. The molecule has 0 amide bonds. The summed E-state index contributed by atoms with van der Waals surface area (Å²) in [5.74, 6) is 0.881. The van der Waals surface area contributed by atoms with Crippen LogP contribution in [0.2, 0.25) is 0 Å². The molecule has 7 nitrogen and oxygen atoms in total. The third-order valence-corrected chi connectivity index (χ3v) is 5.94. The van der Waals surface area contributed by atoms with Gasteiger partial charge < -0.3 is 23.9 Å². The summed E-state index contributed by atoms with van der Waals surface area (Å²) in [5, 5.41) is 9.57. The highest BCUT2D eigenvalue weighted by Gasteiger charge is 2.21. The number of hydrogen-bond acceptors (Lipinski definition) is 6. The van der Waals surface area contributed by atoms with Gasteiger partial charge in [-0.05, 0) is 52.7 Å². The fourth-order valence-electron chi connectivity index (χ4n) is 3.73. The number of furan rings is 1. The van der Waals surface area contributed by atoms with Gasteiger partial charge in [0.2, 0.25) is 0 Å². The zero-order chi connectivity index (χ0) is 21.1. The van der Waals surface area contributed by atoms with Crippen LogP contribution in [0, 0.1) is 0 Å². The molecule has 2 aromatic carbocycles. The Balaban J connectivity index is 1.42. The van der Waals surface area contributed by atoms with Crippen LogP contribution >= 0.6 is 15.9 Å². The maximum absolute atomic E-state index is 10.7.